The second-order valence-corrected chi connectivity index (χ2v) is 5.46. The lowest BCUT2D eigenvalue weighted by Crippen LogP contribution is -2.06. The van der Waals surface area contributed by atoms with Gasteiger partial charge in [-0.1, -0.05) is 17.8 Å². The number of nitrogens with zero attached hydrogens (tertiary/aromatic N) is 2. The van der Waals surface area contributed by atoms with Crippen LogP contribution in [0.25, 0.3) is 0 Å². The molecule has 0 aliphatic carbocycles. The molecule has 0 saturated heterocycles. The molecule has 5 nitrogen and oxygen atoms in total. The maximum atomic E-state index is 11.5. The molecule has 0 atom stereocenters. The predicted molar refractivity (Wildman–Crippen MR) is 71.0 cm³/mol. The zero-order chi connectivity index (χ0) is 13.1. The third-order valence-electron chi connectivity index (χ3n) is 2.18. The van der Waals surface area contributed by atoms with Gasteiger partial charge < -0.3 is 10.5 Å². The van der Waals surface area contributed by atoms with Crippen molar-refractivity contribution in [3.63, 3.8) is 0 Å². The van der Waals surface area contributed by atoms with Crippen LogP contribution in [-0.4, -0.2) is 22.4 Å². The Hall–Kier alpha value is -1.60. The highest BCUT2D eigenvalue weighted by Gasteiger charge is 2.14. The molecule has 0 saturated carbocycles. The normalized spacial score (nSPS) is 10.3. The maximum absolute atomic E-state index is 11.5. The fraction of sp³-hybridized carbons (Fsp3) is 0.182. The van der Waals surface area contributed by atoms with Crippen molar-refractivity contribution in [1.82, 2.24) is 9.36 Å². The third kappa shape index (κ3) is 2.62. The van der Waals surface area contributed by atoms with E-state index in [2.05, 4.69) is 14.1 Å². The number of nitrogens with two attached hydrogens (primary N) is 1. The van der Waals surface area contributed by atoms with Gasteiger partial charge in [0.2, 0.25) is 0 Å². The molecule has 1 heterocycles. The van der Waals surface area contributed by atoms with E-state index >= 15 is 0 Å². The molecular weight excluding hydrogens is 270 g/mol. The molecule has 1 aromatic heterocycles. The summed E-state index contributed by atoms with van der Waals surface area (Å²) in [5.41, 5.74) is 6.72. The number of esters is 1. The second-order valence-electron chi connectivity index (χ2n) is 3.42. The van der Waals surface area contributed by atoms with E-state index in [9.17, 15) is 4.79 Å². The van der Waals surface area contributed by atoms with Crippen molar-refractivity contribution in [2.75, 3.05) is 12.8 Å². The van der Waals surface area contributed by atoms with Crippen LogP contribution < -0.4 is 5.73 Å². The van der Waals surface area contributed by atoms with Crippen molar-refractivity contribution in [2.24, 2.45) is 0 Å². The largest absolute Gasteiger partial charge is 0.465 e. The Morgan fingerprint density at radius 2 is 2.28 bits per heavy atom. The van der Waals surface area contributed by atoms with Crippen LogP contribution in [0.4, 0.5) is 5.69 Å². The molecular formula is C11H11N3O2S2. The Kier molecular flexibility index (Phi) is 3.83. The number of carbonyl (C=O) groups excluding carboxylic acids is 1. The SMILES string of the molecule is COC(=O)c1cccc(Sc2nc(C)ns2)c1N. The summed E-state index contributed by atoms with van der Waals surface area (Å²) in [6.45, 7) is 1.83. The molecule has 18 heavy (non-hydrogen) atoms. The quantitative estimate of drug-likeness (QED) is 0.687. The summed E-state index contributed by atoms with van der Waals surface area (Å²) in [6, 6.07) is 5.23. The number of benzene rings is 1. The van der Waals surface area contributed by atoms with E-state index in [1.165, 1.54) is 30.4 Å². The number of rotatable bonds is 3. The van der Waals surface area contributed by atoms with E-state index in [0.717, 1.165) is 15.1 Å². The summed E-state index contributed by atoms with van der Waals surface area (Å²) in [7, 11) is 1.33. The lowest BCUT2D eigenvalue weighted by molar-refractivity contribution is 0.0601. The zero-order valence-corrected chi connectivity index (χ0v) is 11.5. The summed E-state index contributed by atoms with van der Waals surface area (Å²) in [5.74, 6) is 0.286. The molecule has 1 aromatic carbocycles. The molecule has 7 heteroatoms. The number of para-hydroxylation sites is 1. The van der Waals surface area contributed by atoms with E-state index in [0.29, 0.717) is 11.3 Å². The smallest absolute Gasteiger partial charge is 0.339 e. The van der Waals surface area contributed by atoms with Crippen LogP contribution in [0.1, 0.15) is 16.2 Å². The van der Waals surface area contributed by atoms with Crippen LogP contribution in [-0.2, 0) is 4.74 Å². The van der Waals surface area contributed by atoms with E-state index < -0.39 is 5.97 Å². The molecule has 2 N–H and O–H groups in total. The standard InChI is InChI=1S/C11H11N3O2S2/c1-6-13-11(18-14-6)17-8-5-3-4-7(9(8)12)10(15)16-2/h3-5H,12H2,1-2H3. The van der Waals surface area contributed by atoms with Crippen molar-refractivity contribution >= 4 is 35.0 Å². The van der Waals surface area contributed by atoms with Gasteiger partial charge in [-0.15, -0.1) is 0 Å². The van der Waals surface area contributed by atoms with Gasteiger partial charge in [-0.25, -0.2) is 9.78 Å². The molecule has 0 spiro atoms. The monoisotopic (exact) mass is 281 g/mol. The fourth-order valence-corrected chi connectivity index (χ4v) is 3.02. The van der Waals surface area contributed by atoms with E-state index in [4.69, 9.17) is 5.73 Å². The summed E-state index contributed by atoms with van der Waals surface area (Å²) in [4.78, 5) is 16.5. The van der Waals surface area contributed by atoms with Gasteiger partial charge in [-0.2, -0.15) is 4.37 Å². The molecule has 0 fully saturated rings. The highest BCUT2D eigenvalue weighted by atomic mass is 32.2. The minimum atomic E-state index is -0.441. The van der Waals surface area contributed by atoms with Crippen molar-refractivity contribution in [3.05, 3.63) is 29.6 Å². The Morgan fingerprint density at radius 1 is 1.50 bits per heavy atom. The summed E-state index contributed by atoms with van der Waals surface area (Å²) < 4.78 is 9.56. The number of nitrogen functional groups attached to an aromatic ring is 1. The van der Waals surface area contributed by atoms with E-state index in [1.807, 2.05) is 13.0 Å². The number of hydrogen-bond donors (Lipinski definition) is 1. The van der Waals surface area contributed by atoms with Gasteiger partial charge in [0.1, 0.15) is 5.82 Å². The molecule has 94 valence electrons. The van der Waals surface area contributed by atoms with Crippen LogP contribution in [0.3, 0.4) is 0 Å². The Balaban J connectivity index is 2.31. The molecule has 2 rings (SSSR count). The van der Waals surface area contributed by atoms with Crippen LogP contribution in [0.5, 0.6) is 0 Å². The van der Waals surface area contributed by atoms with Crippen LogP contribution in [0.2, 0.25) is 0 Å². The van der Waals surface area contributed by atoms with Gasteiger partial charge in [-0.3, -0.25) is 0 Å². The zero-order valence-electron chi connectivity index (χ0n) is 9.84. The summed E-state index contributed by atoms with van der Waals surface area (Å²) >= 11 is 2.69. The van der Waals surface area contributed by atoms with Crippen molar-refractivity contribution in [1.29, 1.82) is 0 Å². The van der Waals surface area contributed by atoms with Gasteiger partial charge >= 0.3 is 5.97 Å². The molecule has 0 amide bonds. The first-order chi connectivity index (χ1) is 8.61. The van der Waals surface area contributed by atoms with Crippen LogP contribution in [0.15, 0.2) is 27.4 Å². The molecule has 2 aromatic rings. The van der Waals surface area contributed by atoms with Crippen molar-refractivity contribution in [3.8, 4) is 0 Å². The lowest BCUT2D eigenvalue weighted by Gasteiger charge is -2.07. The highest BCUT2D eigenvalue weighted by molar-refractivity contribution is 8.01. The number of carbonyl (C=O) groups is 1. The first-order valence-electron chi connectivity index (χ1n) is 5.06. The molecule has 0 aliphatic rings. The Morgan fingerprint density at radius 3 is 2.89 bits per heavy atom. The third-order valence-corrected chi connectivity index (χ3v) is 4.10. The molecule has 0 unspecified atom stereocenters. The van der Waals surface area contributed by atoms with E-state index in [1.54, 1.807) is 12.1 Å². The lowest BCUT2D eigenvalue weighted by atomic mass is 10.2. The highest BCUT2D eigenvalue weighted by Crippen LogP contribution is 2.34. The summed E-state index contributed by atoms with van der Waals surface area (Å²) in [5, 5.41) is 0. The van der Waals surface area contributed by atoms with Gasteiger partial charge in [0, 0.05) is 4.90 Å². The average Bonchev–Trinajstić information content (AvgIpc) is 2.76. The number of aryl methyl sites for hydroxylation is 1. The second kappa shape index (κ2) is 5.36. The van der Waals surface area contributed by atoms with Crippen LogP contribution in [0, 0.1) is 6.92 Å². The fourth-order valence-electron chi connectivity index (χ4n) is 1.33. The summed E-state index contributed by atoms with van der Waals surface area (Å²) in [6.07, 6.45) is 0. The predicted octanol–water partition coefficient (Wildman–Crippen LogP) is 2.37. The molecule has 0 aliphatic heterocycles. The van der Waals surface area contributed by atoms with Crippen LogP contribution >= 0.6 is 23.3 Å². The average molecular weight is 281 g/mol. The number of hydrogen-bond acceptors (Lipinski definition) is 7. The Labute approximate surface area is 113 Å². The van der Waals surface area contributed by atoms with Crippen molar-refractivity contribution < 1.29 is 9.53 Å². The molecule has 0 bridgehead atoms. The van der Waals surface area contributed by atoms with Gasteiger partial charge in [-0.05, 0) is 30.6 Å². The molecule has 0 radical (unpaired) electrons. The number of aromatic nitrogens is 2. The van der Waals surface area contributed by atoms with E-state index in [-0.39, 0.29) is 0 Å². The Bertz CT molecular complexity index is 583. The number of ether oxygens (including phenoxy) is 1. The topological polar surface area (TPSA) is 78.1 Å². The van der Waals surface area contributed by atoms with Gasteiger partial charge in [0.05, 0.1) is 18.4 Å². The minimum absolute atomic E-state index is 0.365. The van der Waals surface area contributed by atoms with Crippen molar-refractivity contribution in [2.45, 2.75) is 16.2 Å². The number of anilines is 1. The first kappa shape index (κ1) is 12.8. The maximum Gasteiger partial charge on any atom is 0.339 e. The van der Waals surface area contributed by atoms with Gasteiger partial charge in [0.15, 0.2) is 4.34 Å². The van der Waals surface area contributed by atoms with Gasteiger partial charge in [0.25, 0.3) is 0 Å². The number of methoxy groups -OCH3 is 1. The first-order valence-corrected chi connectivity index (χ1v) is 6.65. The minimum Gasteiger partial charge on any atom is -0.465 e.